The number of sulfone groups is 1. The Bertz CT molecular complexity index is 940. The molecule has 8 nitrogen and oxygen atoms in total. The standard InChI is InChI=1S/C18H19N3O5S/c22-16-7-5-13(6-8-16)19-17(23)12-1-3-14(4-2-12)20-18(24)21-15-9-10-27(25,26)11-15/h1-8,15,22H,9-11H2,(H,19,23)(H2,20,21,24)/t15-/m0/s1. The topological polar surface area (TPSA) is 125 Å². The summed E-state index contributed by atoms with van der Waals surface area (Å²) in [6.07, 6.45) is 0.409. The number of phenols is 1. The minimum absolute atomic E-state index is 0.0449. The van der Waals surface area contributed by atoms with Gasteiger partial charge in [-0.3, -0.25) is 4.79 Å². The van der Waals surface area contributed by atoms with E-state index in [4.69, 9.17) is 0 Å². The van der Waals surface area contributed by atoms with E-state index in [1.54, 1.807) is 36.4 Å². The first-order valence-corrected chi connectivity index (χ1v) is 10.1. The number of aromatic hydroxyl groups is 1. The zero-order valence-electron chi connectivity index (χ0n) is 14.3. The smallest absolute Gasteiger partial charge is 0.319 e. The summed E-state index contributed by atoms with van der Waals surface area (Å²) in [6, 6.07) is 11.5. The average molecular weight is 389 g/mol. The first-order valence-electron chi connectivity index (χ1n) is 8.29. The summed E-state index contributed by atoms with van der Waals surface area (Å²) in [4.78, 5) is 24.1. The summed E-state index contributed by atoms with van der Waals surface area (Å²) < 4.78 is 22.8. The Morgan fingerprint density at radius 3 is 2.11 bits per heavy atom. The number of carbonyl (C=O) groups excluding carboxylic acids is 2. The second kappa shape index (κ2) is 7.67. The lowest BCUT2D eigenvalue weighted by molar-refractivity contribution is 0.102. The van der Waals surface area contributed by atoms with Crippen molar-refractivity contribution in [2.75, 3.05) is 22.1 Å². The Labute approximate surface area is 156 Å². The highest BCUT2D eigenvalue weighted by Gasteiger charge is 2.28. The molecule has 0 spiro atoms. The van der Waals surface area contributed by atoms with Crippen LogP contribution in [0.2, 0.25) is 0 Å². The van der Waals surface area contributed by atoms with Crippen LogP contribution in [0.3, 0.4) is 0 Å². The van der Waals surface area contributed by atoms with Gasteiger partial charge in [-0.05, 0) is 55.0 Å². The molecule has 1 aliphatic rings. The van der Waals surface area contributed by atoms with Crippen molar-refractivity contribution < 1.29 is 23.1 Å². The summed E-state index contributed by atoms with van der Waals surface area (Å²) in [6.45, 7) is 0. The molecule has 3 rings (SSSR count). The van der Waals surface area contributed by atoms with Gasteiger partial charge in [0.15, 0.2) is 9.84 Å². The van der Waals surface area contributed by atoms with Crippen LogP contribution in [-0.2, 0) is 9.84 Å². The first-order chi connectivity index (χ1) is 12.8. The van der Waals surface area contributed by atoms with Crippen LogP contribution >= 0.6 is 0 Å². The van der Waals surface area contributed by atoms with Crippen molar-refractivity contribution in [2.24, 2.45) is 0 Å². The minimum Gasteiger partial charge on any atom is -0.508 e. The van der Waals surface area contributed by atoms with Gasteiger partial charge in [-0.2, -0.15) is 0 Å². The molecular formula is C18H19N3O5S. The second-order valence-corrected chi connectivity index (χ2v) is 8.51. The fraction of sp³-hybridized carbons (Fsp3) is 0.222. The summed E-state index contributed by atoms with van der Waals surface area (Å²) in [5.74, 6) is -0.177. The van der Waals surface area contributed by atoms with E-state index in [0.717, 1.165) is 0 Å². The lowest BCUT2D eigenvalue weighted by Crippen LogP contribution is -2.38. The van der Waals surface area contributed by atoms with E-state index < -0.39 is 15.9 Å². The Balaban J connectivity index is 1.54. The lowest BCUT2D eigenvalue weighted by atomic mass is 10.2. The number of benzene rings is 2. The molecule has 0 radical (unpaired) electrons. The van der Waals surface area contributed by atoms with Gasteiger partial charge in [0.05, 0.1) is 11.5 Å². The number of carbonyl (C=O) groups is 2. The molecule has 4 N–H and O–H groups in total. The highest BCUT2D eigenvalue weighted by molar-refractivity contribution is 7.91. The quantitative estimate of drug-likeness (QED) is 0.595. The number of hydrogen-bond donors (Lipinski definition) is 4. The molecule has 0 unspecified atom stereocenters. The molecule has 0 aromatic heterocycles. The van der Waals surface area contributed by atoms with E-state index in [2.05, 4.69) is 16.0 Å². The number of phenolic OH excluding ortho intramolecular Hbond substituents is 1. The average Bonchev–Trinajstić information content (AvgIpc) is 2.96. The number of urea groups is 1. The molecule has 1 atom stereocenters. The van der Waals surface area contributed by atoms with Gasteiger partial charge >= 0.3 is 6.03 Å². The maximum Gasteiger partial charge on any atom is 0.319 e. The molecule has 2 aromatic rings. The highest BCUT2D eigenvalue weighted by atomic mass is 32.2. The van der Waals surface area contributed by atoms with E-state index in [9.17, 15) is 23.1 Å². The van der Waals surface area contributed by atoms with Crippen LogP contribution in [0.25, 0.3) is 0 Å². The van der Waals surface area contributed by atoms with Crippen molar-refractivity contribution >= 4 is 33.2 Å². The third-order valence-electron chi connectivity index (χ3n) is 4.10. The predicted molar refractivity (Wildman–Crippen MR) is 102 cm³/mol. The van der Waals surface area contributed by atoms with Gasteiger partial charge in [0, 0.05) is 23.0 Å². The lowest BCUT2D eigenvalue weighted by Gasteiger charge is -2.12. The Hall–Kier alpha value is -3.07. The summed E-state index contributed by atoms with van der Waals surface area (Å²) in [7, 11) is -3.06. The van der Waals surface area contributed by atoms with E-state index in [1.165, 1.54) is 12.1 Å². The molecule has 1 heterocycles. The van der Waals surface area contributed by atoms with Crippen molar-refractivity contribution in [3.05, 3.63) is 54.1 Å². The van der Waals surface area contributed by atoms with Crippen molar-refractivity contribution in [3.8, 4) is 5.75 Å². The van der Waals surface area contributed by atoms with E-state index >= 15 is 0 Å². The summed E-state index contributed by atoms with van der Waals surface area (Å²) in [5.41, 5.74) is 1.43. The van der Waals surface area contributed by atoms with Crippen molar-refractivity contribution in [1.82, 2.24) is 5.32 Å². The first kappa shape index (κ1) is 18.7. The van der Waals surface area contributed by atoms with Gasteiger partial charge in [-0.25, -0.2) is 13.2 Å². The second-order valence-electron chi connectivity index (χ2n) is 6.28. The number of amides is 3. The fourth-order valence-electron chi connectivity index (χ4n) is 2.71. The van der Waals surface area contributed by atoms with Crippen LogP contribution < -0.4 is 16.0 Å². The minimum atomic E-state index is -3.06. The Morgan fingerprint density at radius 1 is 0.926 bits per heavy atom. The van der Waals surface area contributed by atoms with Gasteiger partial charge in [0.2, 0.25) is 0 Å². The van der Waals surface area contributed by atoms with Gasteiger partial charge in [0.1, 0.15) is 5.75 Å². The van der Waals surface area contributed by atoms with Gasteiger partial charge in [-0.15, -0.1) is 0 Å². The third kappa shape index (κ3) is 5.20. The molecule has 3 amide bonds. The molecule has 1 aliphatic heterocycles. The number of hydrogen-bond acceptors (Lipinski definition) is 5. The summed E-state index contributed by atoms with van der Waals surface area (Å²) in [5, 5.41) is 17.2. The highest BCUT2D eigenvalue weighted by Crippen LogP contribution is 2.16. The molecule has 9 heteroatoms. The SMILES string of the molecule is O=C(Nc1ccc(C(=O)Nc2ccc(O)cc2)cc1)N[C@H]1CCS(=O)(=O)C1. The molecule has 1 fully saturated rings. The molecule has 0 bridgehead atoms. The number of anilines is 2. The van der Waals surface area contributed by atoms with Crippen molar-refractivity contribution in [2.45, 2.75) is 12.5 Å². The maximum atomic E-state index is 12.2. The van der Waals surface area contributed by atoms with E-state index in [0.29, 0.717) is 23.4 Å². The van der Waals surface area contributed by atoms with Crippen molar-refractivity contribution in [3.63, 3.8) is 0 Å². The van der Waals surface area contributed by atoms with Crippen LogP contribution in [0.4, 0.5) is 16.2 Å². The monoisotopic (exact) mass is 389 g/mol. The largest absolute Gasteiger partial charge is 0.508 e. The summed E-state index contributed by atoms with van der Waals surface area (Å²) >= 11 is 0. The fourth-order valence-corrected chi connectivity index (χ4v) is 4.39. The van der Waals surface area contributed by atoms with Crippen LogP contribution in [0, 0.1) is 0 Å². The van der Waals surface area contributed by atoms with Crippen LogP contribution in [-0.4, -0.2) is 43.0 Å². The molecule has 0 saturated carbocycles. The van der Waals surface area contributed by atoms with Crippen LogP contribution in [0.15, 0.2) is 48.5 Å². The molecule has 0 aliphatic carbocycles. The van der Waals surface area contributed by atoms with Gasteiger partial charge in [0.25, 0.3) is 5.91 Å². The Kier molecular flexibility index (Phi) is 5.31. The number of rotatable bonds is 4. The molecule has 142 valence electrons. The maximum absolute atomic E-state index is 12.2. The Morgan fingerprint density at radius 2 is 1.52 bits per heavy atom. The number of nitrogens with one attached hydrogen (secondary N) is 3. The molecular weight excluding hydrogens is 370 g/mol. The van der Waals surface area contributed by atoms with Gasteiger partial charge < -0.3 is 21.1 Å². The van der Waals surface area contributed by atoms with E-state index in [-0.39, 0.29) is 29.2 Å². The van der Waals surface area contributed by atoms with Crippen LogP contribution in [0.1, 0.15) is 16.8 Å². The van der Waals surface area contributed by atoms with Gasteiger partial charge in [-0.1, -0.05) is 0 Å². The van der Waals surface area contributed by atoms with Crippen molar-refractivity contribution in [1.29, 1.82) is 0 Å². The van der Waals surface area contributed by atoms with Crippen LogP contribution in [0.5, 0.6) is 5.75 Å². The third-order valence-corrected chi connectivity index (χ3v) is 5.87. The zero-order valence-corrected chi connectivity index (χ0v) is 15.1. The predicted octanol–water partition coefficient (Wildman–Crippen LogP) is 1.95. The molecule has 2 aromatic carbocycles. The molecule has 27 heavy (non-hydrogen) atoms. The molecule has 1 saturated heterocycles. The van der Waals surface area contributed by atoms with E-state index in [1.807, 2.05) is 0 Å². The normalized spacial score (nSPS) is 17.9. The zero-order chi connectivity index (χ0) is 19.4.